The van der Waals surface area contributed by atoms with E-state index in [0.29, 0.717) is 13.2 Å². The Hall–Kier alpha value is -2.00. The normalized spacial score (nSPS) is 17.8. The molecule has 0 spiro atoms. The van der Waals surface area contributed by atoms with Gasteiger partial charge in [-0.25, -0.2) is 10.8 Å². The molecule has 9 nitrogen and oxygen atoms in total. The van der Waals surface area contributed by atoms with Crippen molar-refractivity contribution in [2.45, 2.75) is 25.3 Å². The standard InChI is InChI=1S/C10H16N6O3/c1-10(2-4-19-5-3-10)14-8-7(16(17)18)6-12-9(13-8)15-11/h6H,2-5,11H2,1H3,(H2,12,13,14,15). The van der Waals surface area contributed by atoms with Gasteiger partial charge in [-0.3, -0.25) is 15.5 Å². The van der Waals surface area contributed by atoms with Gasteiger partial charge >= 0.3 is 5.69 Å². The van der Waals surface area contributed by atoms with Crippen LogP contribution in [0, 0.1) is 10.1 Å². The Bertz CT molecular complexity index is 474. The summed E-state index contributed by atoms with van der Waals surface area (Å²) in [7, 11) is 0. The minimum atomic E-state index is -0.523. The lowest BCUT2D eigenvalue weighted by Crippen LogP contribution is -2.41. The molecule has 1 aliphatic rings. The Morgan fingerprint density at radius 3 is 2.79 bits per heavy atom. The maximum Gasteiger partial charge on any atom is 0.329 e. The van der Waals surface area contributed by atoms with E-state index in [4.69, 9.17) is 10.6 Å². The number of ether oxygens (including phenoxy) is 1. The molecule has 19 heavy (non-hydrogen) atoms. The lowest BCUT2D eigenvalue weighted by molar-refractivity contribution is -0.384. The van der Waals surface area contributed by atoms with Crippen LogP contribution in [-0.4, -0.2) is 33.6 Å². The second-order valence-corrected chi connectivity index (χ2v) is 4.63. The summed E-state index contributed by atoms with van der Waals surface area (Å²) in [6, 6.07) is 0. The van der Waals surface area contributed by atoms with Crippen molar-refractivity contribution in [1.82, 2.24) is 9.97 Å². The molecule has 0 atom stereocenters. The highest BCUT2D eigenvalue weighted by Crippen LogP contribution is 2.29. The summed E-state index contributed by atoms with van der Waals surface area (Å²) in [4.78, 5) is 18.2. The van der Waals surface area contributed by atoms with Crippen LogP contribution in [0.15, 0.2) is 6.20 Å². The molecule has 0 amide bonds. The minimum absolute atomic E-state index is 0.128. The van der Waals surface area contributed by atoms with Gasteiger partial charge in [0.15, 0.2) is 0 Å². The van der Waals surface area contributed by atoms with E-state index in [1.165, 1.54) is 0 Å². The van der Waals surface area contributed by atoms with Crippen LogP contribution in [0.1, 0.15) is 19.8 Å². The number of hydrazine groups is 1. The van der Waals surface area contributed by atoms with E-state index in [9.17, 15) is 10.1 Å². The zero-order chi connectivity index (χ0) is 13.9. The second-order valence-electron chi connectivity index (χ2n) is 4.63. The summed E-state index contributed by atoms with van der Waals surface area (Å²) in [5.74, 6) is 5.51. The van der Waals surface area contributed by atoms with Gasteiger partial charge in [-0.15, -0.1) is 0 Å². The van der Waals surface area contributed by atoms with E-state index in [0.717, 1.165) is 19.0 Å². The number of hydrogen-bond acceptors (Lipinski definition) is 8. The first-order valence-corrected chi connectivity index (χ1v) is 5.88. The monoisotopic (exact) mass is 268 g/mol. The molecule has 0 unspecified atom stereocenters. The highest BCUT2D eigenvalue weighted by atomic mass is 16.6. The maximum absolute atomic E-state index is 11.0. The van der Waals surface area contributed by atoms with Crippen LogP contribution >= 0.6 is 0 Å². The smallest absolute Gasteiger partial charge is 0.329 e. The number of nitrogens with two attached hydrogens (primary N) is 1. The van der Waals surface area contributed by atoms with Crippen molar-refractivity contribution in [2.24, 2.45) is 5.84 Å². The maximum atomic E-state index is 11.0. The third-order valence-corrected chi connectivity index (χ3v) is 3.11. The molecule has 2 rings (SSSR count). The van der Waals surface area contributed by atoms with E-state index < -0.39 is 4.92 Å². The molecule has 104 valence electrons. The Morgan fingerprint density at radius 2 is 2.21 bits per heavy atom. The zero-order valence-electron chi connectivity index (χ0n) is 10.5. The molecular weight excluding hydrogens is 252 g/mol. The zero-order valence-corrected chi connectivity index (χ0v) is 10.5. The number of nitrogens with zero attached hydrogens (tertiary/aromatic N) is 3. The number of nitro groups is 1. The number of aromatic nitrogens is 2. The van der Waals surface area contributed by atoms with E-state index in [1.54, 1.807) is 0 Å². The minimum Gasteiger partial charge on any atom is -0.381 e. The lowest BCUT2D eigenvalue weighted by atomic mass is 9.92. The van der Waals surface area contributed by atoms with Crippen LogP contribution in [0.2, 0.25) is 0 Å². The Kier molecular flexibility index (Phi) is 3.76. The summed E-state index contributed by atoms with van der Waals surface area (Å²) in [5, 5.41) is 14.1. The second kappa shape index (κ2) is 5.33. The predicted molar refractivity (Wildman–Crippen MR) is 68.6 cm³/mol. The summed E-state index contributed by atoms with van der Waals surface area (Å²) in [6.07, 6.45) is 2.63. The fourth-order valence-corrected chi connectivity index (χ4v) is 1.90. The van der Waals surface area contributed by atoms with E-state index in [-0.39, 0.29) is 23.0 Å². The summed E-state index contributed by atoms with van der Waals surface area (Å²) >= 11 is 0. The largest absolute Gasteiger partial charge is 0.381 e. The molecule has 2 heterocycles. The predicted octanol–water partition coefficient (Wildman–Crippen LogP) is 0.651. The quantitative estimate of drug-likeness (QED) is 0.412. The van der Waals surface area contributed by atoms with Crippen molar-refractivity contribution in [3.63, 3.8) is 0 Å². The highest BCUT2D eigenvalue weighted by molar-refractivity contribution is 5.58. The molecule has 9 heteroatoms. The van der Waals surface area contributed by atoms with E-state index in [1.807, 2.05) is 6.92 Å². The molecule has 0 radical (unpaired) electrons. The summed E-state index contributed by atoms with van der Waals surface area (Å²) in [5.41, 5.74) is 1.81. The van der Waals surface area contributed by atoms with Crippen molar-refractivity contribution in [2.75, 3.05) is 24.0 Å². The van der Waals surface area contributed by atoms with Crippen LogP contribution in [0.4, 0.5) is 17.5 Å². The number of nitrogen functional groups attached to an aromatic ring is 1. The molecule has 1 aromatic heterocycles. The van der Waals surface area contributed by atoms with Crippen LogP contribution in [0.5, 0.6) is 0 Å². The van der Waals surface area contributed by atoms with Gasteiger partial charge in [0.25, 0.3) is 0 Å². The fraction of sp³-hybridized carbons (Fsp3) is 0.600. The number of anilines is 2. The molecule has 0 saturated carbocycles. The topological polar surface area (TPSA) is 128 Å². The van der Waals surface area contributed by atoms with Crippen molar-refractivity contribution in [3.8, 4) is 0 Å². The molecule has 1 aliphatic heterocycles. The SMILES string of the molecule is CC1(Nc2nc(NN)ncc2[N+](=O)[O-])CCOCC1. The third-order valence-electron chi connectivity index (χ3n) is 3.11. The van der Waals surface area contributed by atoms with Gasteiger partial charge in [-0.1, -0.05) is 0 Å². The van der Waals surface area contributed by atoms with Crippen molar-refractivity contribution in [1.29, 1.82) is 0 Å². The number of nitrogens with one attached hydrogen (secondary N) is 2. The molecule has 4 N–H and O–H groups in total. The fourth-order valence-electron chi connectivity index (χ4n) is 1.90. The van der Waals surface area contributed by atoms with Gasteiger partial charge < -0.3 is 10.1 Å². The van der Waals surface area contributed by atoms with Crippen LogP contribution in [0.3, 0.4) is 0 Å². The van der Waals surface area contributed by atoms with Crippen LogP contribution < -0.4 is 16.6 Å². The van der Waals surface area contributed by atoms with Gasteiger partial charge in [0, 0.05) is 18.8 Å². The van der Waals surface area contributed by atoms with E-state index in [2.05, 4.69) is 20.7 Å². The average Bonchev–Trinajstić information content (AvgIpc) is 2.38. The van der Waals surface area contributed by atoms with E-state index >= 15 is 0 Å². The Morgan fingerprint density at radius 1 is 1.53 bits per heavy atom. The Labute approximate surface area is 109 Å². The first-order chi connectivity index (χ1) is 9.04. The number of rotatable bonds is 4. The molecule has 0 bridgehead atoms. The average molecular weight is 268 g/mol. The van der Waals surface area contributed by atoms with Crippen LogP contribution in [-0.2, 0) is 4.74 Å². The van der Waals surface area contributed by atoms with Gasteiger partial charge in [-0.05, 0) is 19.8 Å². The Balaban J connectivity index is 2.28. The summed E-state index contributed by atoms with van der Waals surface area (Å²) in [6.45, 7) is 3.21. The highest BCUT2D eigenvalue weighted by Gasteiger charge is 2.30. The molecule has 0 aromatic carbocycles. The third kappa shape index (κ3) is 3.06. The molecule has 1 aromatic rings. The van der Waals surface area contributed by atoms with Crippen molar-refractivity contribution < 1.29 is 9.66 Å². The first-order valence-electron chi connectivity index (χ1n) is 5.88. The first kappa shape index (κ1) is 13.4. The molecular formula is C10H16N6O3. The molecule has 1 fully saturated rings. The van der Waals surface area contributed by atoms with Gasteiger partial charge in [-0.2, -0.15) is 4.98 Å². The molecule has 1 saturated heterocycles. The van der Waals surface area contributed by atoms with Crippen molar-refractivity contribution in [3.05, 3.63) is 16.3 Å². The van der Waals surface area contributed by atoms with Gasteiger partial charge in [0.2, 0.25) is 11.8 Å². The number of hydrogen-bond donors (Lipinski definition) is 3. The van der Waals surface area contributed by atoms with Gasteiger partial charge in [0.05, 0.1) is 4.92 Å². The van der Waals surface area contributed by atoms with Crippen molar-refractivity contribution >= 4 is 17.5 Å². The molecule has 0 aliphatic carbocycles. The van der Waals surface area contributed by atoms with Crippen LogP contribution in [0.25, 0.3) is 0 Å². The summed E-state index contributed by atoms with van der Waals surface area (Å²) < 4.78 is 5.29. The lowest BCUT2D eigenvalue weighted by Gasteiger charge is -2.34. The van der Waals surface area contributed by atoms with Gasteiger partial charge in [0.1, 0.15) is 6.20 Å².